The molecular formula is C11H8BrFN4O3. The van der Waals surface area contributed by atoms with Gasteiger partial charge < -0.3 is 10.5 Å². The Morgan fingerprint density at radius 2 is 2.20 bits per heavy atom. The van der Waals surface area contributed by atoms with Crippen LogP contribution in [0.25, 0.3) is 0 Å². The summed E-state index contributed by atoms with van der Waals surface area (Å²) in [4.78, 5) is 17.5. The van der Waals surface area contributed by atoms with Crippen molar-refractivity contribution in [3.05, 3.63) is 44.3 Å². The largest absolute Gasteiger partial charge is 0.435 e. The molecule has 0 unspecified atom stereocenters. The molecule has 0 fully saturated rings. The standard InChI is InChI=1S/C11H8BrFN4O3/c1-5-2-9(7(13)3-8(5)17(18)19)20-10-6(12)4-15-11(14)16-10/h2-4H,1H3,(H2,14,15,16). The van der Waals surface area contributed by atoms with Crippen LogP contribution in [0.4, 0.5) is 16.0 Å². The maximum absolute atomic E-state index is 13.8. The van der Waals surface area contributed by atoms with Crippen LogP contribution in [0.15, 0.2) is 22.8 Å². The van der Waals surface area contributed by atoms with Crippen molar-refractivity contribution in [3.63, 3.8) is 0 Å². The molecule has 0 atom stereocenters. The molecule has 1 aromatic heterocycles. The third-order valence-corrected chi connectivity index (χ3v) is 2.93. The molecule has 0 bridgehead atoms. The number of rotatable bonds is 3. The predicted molar refractivity (Wildman–Crippen MR) is 72.0 cm³/mol. The molecule has 7 nitrogen and oxygen atoms in total. The molecule has 0 spiro atoms. The molecule has 0 radical (unpaired) electrons. The Kier molecular flexibility index (Phi) is 3.79. The lowest BCUT2D eigenvalue weighted by Crippen LogP contribution is -2.00. The monoisotopic (exact) mass is 342 g/mol. The van der Waals surface area contributed by atoms with Crippen molar-refractivity contribution in [3.8, 4) is 11.6 Å². The van der Waals surface area contributed by atoms with Crippen LogP contribution in [0.3, 0.4) is 0 Å². The van der Waals surface area contributed by atoms with Gasteiger partial charge in [0.25, 0.3) is 5.69 Å². The Bertz CT molecular complexity index is 696. The summed E-state index contributed by atoms with van der Waals surface area (Å²) in [5.41, 5.74) is 5.35. The van der Waals surface area contributed by atoms with Crippen molar-refractivity contribution < 1.29 is 14.1 Å². The van der Waals surface area contributed by atoms with Gasteiger partial charge in [-0.15, -0.1) is 0 Å². The topological polar surface area (TPSA) is 104 Å². The van der Waals surface area contributed by atoms with E-state index in [0.717, 1.165) is 6.07 Å². The molecule has 0 amide bonds. The Balaban J connectivity index is 2.42. The maximum Gasteiger partial charge on any atom is 0.275 e. The average Bonchev–Trinajstić information content (AvgIpc) is 2.37. The third kappa shape index (κ3) is 2.82. The van der Waals surface area contributed by atoms with E-state index in [9.17, 15) is 14.5 Å². The van der Waals surface area contributed by atoms with Gasteiger partial charge in [0.2, 0.25) is 11.8 Å². The lowest BCUT2D eigenvalue weighted by Gasteiger charge is -2.08. The van der Waals surface area contributed by atoms with Gasteiger partial charge in [0.15, 0.2) is 11.6 Å². The number of nitrogen functional groups attached to an aromatic ring is 1. The number of nitro benzene ring substituents is 1. The van der Waals surface area contributed by atoms with Crippen LogP contribution in [0.1, 0.15) is 5.56 Å². The zero-order valence-corrected chi connectivity index (χ0v) is 11.7. The molecule has 20 heavy (non-hydrogen) atoms. The van der Waals surface area contributed by atoms with Crippen molar-refractivity contribution >= 4 is 27.6 Å². The number of nitro groups is 1. The van der Waals surface area contributed by atoms with Crippen LogP contribution in [0, 0.1) is 22.9 Å². The van der Waals surface area contributed by atoms with Crippen LogP contribution in [0.2, 0.25) is 0 Å². The second kappa shape index (κ2) is 5.37. The van der Waals surface area contributed by atoms with Crippen molar-refractivity contribution in [2.75, 3.05) is 5.73 Å². The molecule has 1 aromatic carbocycles. The summed E-state index contributed by atoms with van der Waals surface area (Å²) in [7, 11) is 0. The zero-order valence-electron chi connectivity index (χ0n) is 10.1. The molecule has 0 aliphatic carbocycles. The van der Waals surface area contributed by atoms with Gasteiger partial charge in [0.05, 0.1) is 21.7 Å². The summed E-state index contributed by atoms with van der Waals surface area (Å²) in [6, 6.07) is 2.02. The minimum atomic E-state index is -0.869. The smallest absolute Gasteiger partial charge is 0.275 e. The molecule has 9 heteroatoms. The molecule has 0 aliphatic heterocycles. The van der Waals surface area contributed by atoms with Gasteiger partial charge >= 0.3 is 0 Å². The van der Waals surface area contributed by atoms with Gasteiger partial charge in [0.1, 0.15) is 0 Å². The summed E-state index contributed by atoms with van der Waals surface area (Å²) in [5, 5.41) is 10.7. The third-order valence-electron chi connectivity index (χ3n) is 2.38. The zero-order chi connectivity index (χ0) is 14.9. The lowest BCUT2D eigenvalue weighted by atomic mass is 10.2. The Hall–Kier alpha value is -2.29. The Morgan fingerprint density at radius 3 is 2.85 bits per heavy atom. The first-order valence-corrected chi connectivity index (χ1v) is 6.08. The lowest BCUT2D eigenvalue weighted by molar-refractivity contribution is -0.385. The Labute approximate surface area is 120 Å². The van der Waals surface area contributed by atoms with E-state index in [0.29, 0.717) is 4.47 Å². The number of benzene rings is 1. The minimum absolute atomic E-state index is 0.0182. The van der Waals surface area contributed by atoms with Crippen LogP contribution < -0.4 is 10.5 Å². The number of hydrogen-bond acceptors (Lipinski definition) is 6. The number of halogens is 2. The average molecular weight is 343 g/mol. The SMILES string of the molecule is Cc1cc(Oc2nc(N)ncc2Br)c(F)cc1[N+](=O)[O-]. The molecule has 2 N–H and O–H groups in total. The second-order valence-electron chi connectivity index (χ2n) is 3.81. The van der Waals surface area contributed by atoms with E-state index in [1.165, 1.54) is 19.2 Å². The first-order valence-electron chi connectivity index (χ1n) is 5.29. The molecule has 0 aliphatic rings. The number of nitrogens with two attached hydrogens (primary N) is 1. The molecule has 1 heterocycles. The number of nitrogens with zero attached hydrogens (tertiary/aromatic N) is 3. The first-order chi connectivity index (χ1) is 9.38. The summed E-state index contributed by atoms with van der Waals surface area (Å²) < 4.78 is 19.4. The number of ether oxygens (including phenoxy) is 1. The van der Waals surface area contributed by atoms with Gasteiger partial charge in [-0.3, -0.25) is 10.1 Å². The van der Waals surface area contributed by atoms with Crippen molar-refractivity contribution in [1.82, 2.24) is 9.97 Å². The number of aromatic nitrogens is 2. The molecule has 2 aromatic rings. The van der Waals surface area contributed by atoms with Gasteiger partial charge in [-0.05, 0) is 28.9 Å². The highest BCUT2D eigenvalue weighted by Crippen LogP contribution is 2.32. The van der Waals surface area contributed by atoms with E-state index >= 15 is 0 Å². The van der Waals surface area contributed by atoms with Crippen LogP contribution in [0.5, 0.6) is 11.6 Å². The van der Waals surface area contributed by atoms with E-state index in [4.69, 9.17) is 10.5 Å². The number of anilines is 1. The fourth-order valence-electron chi connectivity index (χ4n) is 1.46. The number of aryl methyl sites for hydroxylation is 1. The van der Waals surface area contributed by atoms with E-state index in [1.807, 2.05) is 0 Å². The van der Waals surface area contributed by atoms with E-state index in [2.05, 4.69) is 25.9 Å². The predicted octanol–water partition coefficient (Wildman–Crippen LogP) is 2.97. The van der Waals surface area contributed by atoms with Gasteiger partial charge in [-0.2, -0.15) is 4.98 Å². The molecule has 2 rings (SSSR count). The molecule has 0 saturated heterocycles. The highest BCUT2D eigenvalue weighted by molar-refractivity contribution is 9.10. The fourth-order valence-corrected chi connectivity index (χ4v) is 1.73. The highest BCUT2D eigenvalue weighted by Gasteiger charge is 2.18. The molecular weight excluding hydrogens is 335 g/mol. The summed E-state index contributed by atoms with van der Waals surface area (Å²) >= 11 is 3.13. The molecule has 0 saturated carbocycles. The number of hydrogen-bond donors (Lipinski definition) is 1. The summed E-state index contributed by atoms with van der Waals surface area (Å²) in [6.07, 6.45) is 1.35. The van der Waals surface area contributed by atoms with Crippen LogP contribution in [-0.4, -0.2) is 14.9 Å². The summed E-state index contributed by atoms with van der Waals surface area (Å²) in [5.74, 6) is -1.08. The minimum Gasteiger partial charge on any atom is -0.435 e. The highest BCUT2D eigenvalue weighted by atomic mass is 79.9. The van der Waals surface area contributed by atoms with Crippen molar-refractivity contribution in [1.29, 1.82) is 0 Å². The van der Waals surface area contributed by atoms with Crippen molar-refractivity contribution in [2.24, 2.45) is 0 Å². The van der Waals surface area contributed by atoms with Crippen LogP contribution in [-0.2, 0) is 0 Å². The van der Waals surface area contributed by atoms with E-state index in [-0.39, 0.29) is 28.8 Å². The Morgan fingerprint density at radius 1 is 1.50 bits per heavy atom. The van der Waals surface area contributed by atoms with Crippen LogP contribution >= 0.6 is 15.9 Å². The molecule has 104 valence electrons. The quantitative estimate of drug-likeness (QED) is 0.679. The summed E-state index contributed by atoms with van der Waals surface area (Å²) in [6.45, 7) is 1.48. The van der Waals surface area contributed by atoms with Crippen molar-refractivity contribution in [2.45, 2.75) is 6.92 Å². The maximum atomic E-state index is 13.8. The van der Waals surface area contributed by atoms with Gasteiger partial charge in [-0.25, -0.2) is 9.37 Å². The fraction of sp³-hybridized carbons (Fsp3) is 0.0909. The van der Waals surface area contributed by atoms with Gasteiger partial charge in [0, 0.05) is 5.56 Å². The van der Waals surface area contributed by atoms with Gasteiger partial charge in [-0.1, -0.05) is 0 Å². The van der Waals surface area contributed by atoms with E-state index in [1.54, 1.807) is 0 Å². The van der Waals surface area contributed by atoms with E-state index < -0.39 is 10.7 Å². The second-order valence-corrected chi connectivity index (χ2v) is 4.66. The normalized spacial score (nSPS) is 10.3. The first kappa shape index (κ1) is 14.1.